The largest absolute Gasteiger partial charge is 0.416 e. The van der Waals surface area contributed by atoms with Gasteiger partial charge in [0.1, 0.15) is 6.54 Å². The van der Waals surface area contributed by atoms with Crippen molar-refractivity contribution in [2.24, 2.45) is 0 Å². The zero-order valence-corrected chi connectivity index (χ0v) is 31.2. The third kappa shape index (κ3) is 9.94. The van der Waals surface area contributed by atoms with Gasteiger partial charge in [0.05, 0.1) is 11.0 Å². The Morgan fingerprint density at radius 3 is 1.77 bits per heavy atom. The normalized spacial score (nSPS) is 13.9. The molecule has 0 saturated heterocycles. The Kier molecular flexibility index (Phi) is 13.5. The van der Waals surface area contributed by atoms with Gasteiger partial charge in [-0.05, 0) is 89.7 Å². The van der Waals surface area contributed by atoms with E-state index in [4.69, 9.17) is 0 Å². The van der Waals surface area contributed by atoms with Crippen molar-refractivity contribution in [3.05, 3.63) is 138 Å². The molecule has 2 nitrogen and oxygen atoms in total. The third-order valence-electron chi connectivity index (χ3n) is 10.2. The summed E-state index contributed by atoms with van der Waals surface area (Å²) in [6, 6.07) is 28.9. The molecule has 0 aliphatic heterocycles. The van der Waals surface area contributed by atoms with Crippen LogP contribution in [-0.2, 0) is 11.6 Å². The summed E-state index contributed by atoms with van der Waals surface area (Å²) in [5.41, 5.74) is 6.20. The van der Waals surface area contributed by atoms with E-state index in [2.05, 4.69) is 42.8 Å². The van der Waals surface area contributed by atoms with Crippen LogP contribution >= 0.6 is 7.92 Å². The zero-order chi connectivity index (χ0) is 38.1. The van der Waals surface area contributed by atoms with Crippen molar-refractivity contribution in [3.8, 4) is 22.3 Å². The fraction of sp³-hybridized carbons (Fsp3) is 0.364. The number of halogens is 6. The Hall–Kier alpha value is -4.03. The van der Waals surface area contributed by atoms with Crippen LogP contribution in [0.1, 0.15) is 74.1 Å². The van der Waals surface area contributed by atoms with E-state index in [1.54, 1.807) is 0 Å². The first kappa shape index (κ1) is 40.2. The first-order chi connectivity index (χ1) is 25.3. The van der Waals surface area contributed by atoms with Crippen molar-refractivity contribution in [3.63, 3.8) is 0 Å². The summed E-state index contributed by atoms with van der Waals surface area (Å²) < 4.78 is 79.6. The summed E-state index contributed by atoms with van der Waals surface area (Å²) in [6.07, 6.45) is 1.64. The van der Waals surface area contributed by atoms with Crippen LogP contribution in [0.4, 0.5) is 26.3 Å². The van der Waals surface area contributed by atoms with Crippen LogP contribution in [0.2, 0.25) is 0 Å². The second-order valence-corrected chi connectivity index (χ2v) is 16.5. The minimum absolute atomic E-state index is 0.244. The zero-order valence-electron chi connectivity index (χ0n) is 30.4. The van der Waals surface area contributed by atoms with Gasteiger partial charge in [0.2, 0.25) is 0 Å². The first-order valence-electron chi connectivity index (χ1n) is 18.5. The Balaban J connectivity index is 1.21. The average molecular weight is 751 g/mol. The highest BCUT2D eigenvalue weighted by Gasteiger charge is 2.45. The molecule has 2 N–H and O–H groups in total. The van der Waals surface area contributed by atoms with Gasteiger partial charge in [-0.2, -0.15) is 26.3 Å². The summed E-state index contributed by atoms with van der Waals surface area (Å²) in [7, 11) is -0.244. The summed E-state index contributed by atoms with van der Waals surface area (Å²) in [4.78, 5) is 0. The Morgan fingerprint density at radius 1 is 0.642 bits per heavy atom. The molecule has 0 radical (unpaired) electrons. The van der Waals surface area contributed by atoms with Crippen molar-refractivity contribution in [1.82, 2.24) is 10.6 Å². The molecule has 1 aliphatic rings. The minimum atomic E-state index is -4.39. The number of rotatable bonds is 19. The monoisotopic (exact) mass is 750 g/mol. The number of fused-ring (bicyclic) bond motifs is 3. The molecule has 1 unspecified atom stereocenters. The molecule has 5 rings (SSSR count). The standard InChI is InChI=1S/C44H49F6N2P/c1-4-5-13-28-53(30-15-27-51-32(2)36-16-6-7-17-37(36)34-22-24-35(25-23-34)44(48,49)50)29-14-12-26-42(33(3)52-31-43(45,46)47)40-20-10-8-18-38(40)39-19-9-11-21-41(39)42/h6-11,16-25,51-52H,2-5,12-15,26-31H2,1H3. The molecule has 0 spiro atoms. The number of unbranched alkanes of at least 4 members (excludes halogenated alkanes) is 3. The van der Waals surface area contributed by atoms with Crippen molar-refractivity contribution in [2.75, 3.05) is 31.6 Å². The lowest BCUT2D eigenvalue weighted by molar-refractivity contribution is -0.137. The Bertz CT molecular complexity index is 1780. The highest BCUT2D eigenvalue weighted by molar-refractivity contribution is 7.57. The third-order valence-corrected chi connectivity index (χ3v) is 13.0. The van der Waals surface area contributed by atoms with E-state index in [9.17, 15) is 26.3 Å². The number of alkyl halides is 6. The number of nitrogens with one attached hydrogen (secondary N) is 2. The number of hydrogen-bond acceptors (Lipinski definition) is 2. The van der Waals surface area contributed by atoms with Crippen LogP contribution in [0.15, 0.2) is 116 Å². The van der Waals surface area contributed by atoms with Crippen LogP contribution in [0.25, 0.3) is 28.0 Å². The fourth-order valence-electron chi connectivity index (χ4n) is 7.55. The number of allylic oxidation sites excluding steroid dienone is 1. The average Bonchev–Trinajstić information content (AvgIpc) is 3.43. The molecule has 0 amide bonds. The summed E-state index contributed by atoms with van der Waals surface area (Å²) in [5.74, 6) is 0. The summed E-state index contributed by atoms with van der Waals surface area (Å²) in [5, 5.41) is 6.15. The smallest absolute Gasteiger partial charge is 0.385 e. The summed E-state index contributed by atoms with van der Waals surface area (Å²) in [6.45, 7) is 10.3. The SMILES string of the molecule is C=C(NCCCP(CCCCC)CCCCC1(C(=C)NCC(F)(F)F)c2ccccc2-c2ccccc21)c1ccccc1-c1ccc(C(F)(F)F)cc1. The second-order valence-electron chi connectivity index (χ2n) is 13.8. The topological polar surface area (TPSA) is 24.1 Å². The fourth-order valence-corrected chi connectivity index (χ4v) is 10.2. The van der Waals surface area contributed by atoms with E-state index in [0.717, 1.165) is 95.8 Å². The van der Waals surface area contributed by atoms with Crippen LogP contribution < -0.4 is 10.6 Å². The van der Waals surface area contributed by atoms with Crippen molar-refractivity contribution < 1.29 is 26.3 Å². The van der Waals surface area contributed by atoms with E-state index in [1.807, 2.05) is 60.7 Å². The van der Waals surface area contributed by atoms with Gasteiger partial charge < -0.3 is 10.6 Å². The van der Waals surface area contributed by atoms with Crippen LogP contribution in [0, 0.1) is 0 Å². The van der Waals surface area contributed by atoms with E-state index < -0.39 is 29.9 Å². The van der Waals surface area contributed by atoms with E-state index in [0.29, 0.717) is 17.7 Å². The van der Waals surface area contributed by atoms with Gasteiger partial charge in [0.15, 0.2) is 0 Å². The van der Waals surface area contributed by atoms with Gasteiger partial charge in [-0.25, -0.2) is 0 Å². The predicted octanol–water partition coefficient (Wildman–Crippen LogP) is 12.8. The summed E-state index contributed by atoms with van der Waals surface area (Å²) >= 11 is 0. The van der Waals surface area contributed by atoms with Crippen molar-refractivity contribution >= 4 is 13.6 Å². The predicted molar refractivity (Wildman–Crippen MR) is 209 cm³/mol. The molecule has 53 heavy (non-hydrogen) atoms. The van der Waals surface area contributed by atoms with Gasteiger partial charge in [-0.15, -0.1) is 7.92 Å². The number of benzene rings is 4. The van der Waals surface area contributed by atoms with Gasteiger partial charge in [-0.1, -0.05) is 124 Å². The highest BCUT2D eigenvalue weighted by atomic mass is 31.1. The molecule has 4 aromatic rings. The van der Waals surface area contributed by atoms with Gasteiger partial charge in [0.25, 0.3) is 0 Å². The maximum Gasteiger partial charge on any atom is 0.416 e. The lowest BCUT2D eigenvalue weighted by atomic mass is 9.72. The molecule has 0 saturated carbocycles. The van der Waals surface area contributed by atoms with Crippen molar-refractivity contribution in [1.29, 1.82) is 0 Å². The van der Waals surface area contributed by atoms with Crippen LogP contribution in [0.3, 0.4) is 0 Å². The lowest BCUT2D eigenvalue weighted by Gasteiger charge is -2.35. The maximum absolute atomic E-state index is 13.4. The molecule has 9 heteroatoms. The highest BCUT2D eigenvalue weighted by Crippen LogP contribution is 2.54. The molecule has 282 valence electrons. The molecule has 0 aromatic heterocycles. The van der Waals surface area contributed by atoms with E-state index >= 15 is 0 Å². The number of hydrogen-bond donors (Lipinski definition) is 2. The minimum Gasteiger partial charge on any atom is -0.385 e. The maximum atomic E-state index is 13.4. The van der Waals surface area contributed by atoms with E-state index in [1.165, 1.54) is 31.1 Å². The first-order valence-corrected chi connectivity index (χ1v) is 20.4. The van der Waals surface area contributed by atoms with Gasteiger partial charge in [-0.3, -0.25) is 0 Å². The molecular weight excluding hydrogens is 701 g/mol. The molecule has 4 aromatic carbocycles. The second kappa shape index (κ2) is 17.9. The lowest BCUT2D eigenvalue weighted by Crippen LogP contribution is -2.39. The molecule has 1 aliphatic carbocycles. The molecule has 0 heterocycles. The molecular formula is C44H49F6N2P. The van der Waals surface area contributed by atoms with Crippen molar-refractivity contribution in [2.45, 2.75) is 69.6 Å². The molecule has 1 atom stereocenters. The Labute approximate surface area is 311 Å². The Morgan fingerprint density at radius 2 is 1.19 bits per heavy atom. The van der Waals surface area contributed by atoms with E-state index in [-0.39, 0.29) is 7.92 Å². The quantitative estimate of drug-likeness (QED) is 0.0567. The molecule has 0 fully saturated rings. The van der Waals surface area contributed by atoms with Crippen LogP contribution in [0.5, 0.6) is 0 Å². The van der Waals surface area contributed by atoms with Crippen LogP contribution in [-0.4, -0.2) is 37.8 Å². The van der Waals surface area contributed by atoms with Gasteiger partial charge >= 0.3 is 12.4 Å². The van der Waals surface area contributed by atoms with Gasteiger partial charge in [0, 0.05) is 23.5 Å². The molecule has 0 bridgehead atoms.